The highest BCUT2D eigenvalue weighted by molar-refractivity contribution is 5.71. The van der Waals surface area contributed by atoms with Crippen LogP contribution >= 0.6 is 0 Å². The van der Waals surface area contributed by atoms with Gasteiger partial charge in [-0.15, -0.1) is 0 Å². The Morgan fingerprint density at radius 1 is 0.260 bits per heavy atom. The third-order valence-corrected chi connectivity index (χ3v) is 16.8. The second-order valence-electron chi connectivity index (χ2n) is 25.7. The molecule has 0 aliphatic rings. The third kappa shape index (κ3) is 63.5. The van der Waals surface area contributed by atoms with Crippen molar-refractivity contribution in [2.24, 2.45) is 17.8 Å². The summed E-state index contributed by atoms with van der Waals surface area (Å²) in [6.45, 7) is 13.9. The van der Waals surface area contributed by atoms with Crippen molar-refractivity contribution in [3.63, 3.8) is 0 Å². The summed E-state index contributed by atoms with van der Waals surface area (Å²) in [5, 5.41) is 0. The molecule has 0 aromatic rings. The molecule has 0 aliphatic carbocycles. The molecule has 0 spiro atoms. The maximum Gasteiger partial charge on any atom is 0.306 e. The van der Waals surface area contributed by atoms with Crippen LogP contribution in [0.5, 0.6) is 0 Å². The van der Waals surface area contributed by atoms with Gasteiger partial charge in [0.25, 0.3) is 0 Å². The molecular weight excluding hydrogens is 949 g/mol. The molecule has 77 heavy (non-hydrogen) atoms. The molecule has 0 aromatic carbocycles. The van der Waals surface area contributed by atoms with Gasteiger partial charge in [0.2, 0.25) is 0 Å². The summed E-state index contributed by atoms with van der Waals surface area (Å²) in [4.78, 5) is 38.5. The Morgan fingerprint density at radius 2 is 0.455 bits per heavy atom. The zero-order valence-electron chi connectivity index (χ0n) is 53.3. The molecule has 1 unspecified atom stereocenters. The Labute approximate surface area is 482 Å². The Hall–Kier alpha value is -1.59. The van der Waals surface area contributed by atoms with E-state index in [1.807, 2.05) is 0 Å². The van der Waals surface area contributed by atoms with Gasteiger partial charge in [-0.05, 0) is 37.0 Å². The molecule has 458 valence electrons. The van der Waals surface area contributed by atoms with Crippen molar-refractivity contribution in [3.8, 4) is 0 Å². The van der Waals surface area contributed by atoms with E-state index in [4.69, 9.17) is 14.2 Å². The fourth-order valence-corrected chi connectivity index (χ4v) is 11.1. The van der Waals surface area contributed by atoms with Gasteiger partial charge in [0.05, 0.1) is 0 Å². The van der Waals surface area contributed by atoms with Crippen LogP contribution in [0.15, 0.2) is 0 Å². The summed E-state index contributed by atoms with van der Waals surface area (Å²) >= 11 is 0. The Balaban J connectivity index is 4.25. The van der Waals surface area contributed by atoms with Crippen LogP contribution in [0.3, 0.4) is 0 Å². The highest BCUT2D eigenvalue weighted by Gasteiger charge is 2.20. The van der Waals surface area contributed by atoms with Crippen molar-refractivity contribution in [1.29, 1.82) is 0 Å². The van der Waals surface area contributed by atoms with Gasteiger partial charge < -0.3 is 14.2 Å². The van der Waals surface area contributed by atoms with E-state index in [0.717, 1.165) is 75.5 Å². The van der Waals surface area contributed by atoms with Crippen LogP contribution < -0.4 is 0 Å². The number of carbonyl (C=O) groups excluding carboxylic acids is 3. The molecule has 6 heteroatoms. The summed E-state index contributed by atoms with van der Waals surface area (Å²) in [6, 6.07) is 0. The van der Waals surface area contributed by atoms with E-state index in [0.29, 0.717) is 19.3 Å². The molecular formula is C71H138O6. The first-order valence-electron chi connectivity index (χ1n) is 35.1. The molecule has 0 radical (unpaired) electrons. The molecule has 0 rings (SSSR count). The fourth-order valence-electron chi connectivity index (χ4n) is 11.1. The fraction of sp³-hybridized carbons (Fsp3) is 0.958. The Morgan fingerprint density at radius 3 is 0.675 bits per heavy atom. The van der Waals surface area contributed by atoms with Gasteiger partial charge in [-0.1, -0.05) is 363 Å². The average Bonchev–Trinajstić information content (AvgIpc) is 3.41. The highest BCUT2D eigenvalue weighted by Crippen LogP contribution is 2.20. The first-order chi connectivity index (χ1) is 37.6. The van der Waals surface area contributed by atoms with Crippen LogP contribution in [-0.2, 0) is 28.6 Å². The quantitative estimate of drug-likeness (QED) is 0.0343. The molecule has 0 aromatic heterocycles. The monoisotopic (exact) mass is 1090 g/mol. The first kappa shape index (κ1) is 75.4. The predicted octanol–water partition coefficient (Wildman–Crippen LogP) is 23.8. The molecule has 0 saturated heterocycles. The van der Waals surface area contributed by atoms with Gasteiger partial charge in [0.15, 0.2) is 6.10 Å². The van der Waals surface area contributed by atoms with Crippen LogP contribution in [0.25, 0.3) is 0 Å². The number of unbranched alkanes of at least 4 members (excludes halogenated alkanes) is 46. The van der Waals surface area contributed by atoms with E-state index in [1.54, 1.807) is 0 Å². The standard InChI is InChI=1S/C71H138O6/c1-7-67(6)59-53-47-41-35-29-23-17-13-9-11-15-19-25-31-37-43-49-55-61-70(73)76-64-68(77-71(74)62-56-50-44-38-32-26-20-22-28-34-40-46-52-58-66(4)5)63-75-69(72)60-54-48-42-36-30-24-18-14-10-8-12-16-21-27-33-39-45-51-57-65(2)3/h65-68H,7-64H2,1-6H3/t67?,68-/m0/s1. The van der Waals surface area contributed by atoms with Crippen LogP contribution in [-0.4, -0.2) is 37.2 Å². The van der Waals surface area contributed by atoms with Crippen molar-refractivity contribution in [1.82, 2.24) is 0 Å². The van der Waals surface area contributed by atoms with Crippen LogP contribution in [0.2, 0.25) is 0 Å². The number of rotatable bonds is 64. The smallest absolute Gasteiger partial charge is 0.306 e. The Bertz CT molecular complexity index is 1200. The lowest BCUT2D eigenvalue weighted by molar-refractivity contribution is -0.167. The molecule has 0 fully saturated rings. The largest absolute Gasteiger partial charge is 0.462 e. The zero-order valence-corrected chi connectivity index (χ0v) is 53.3. The first-order valence-corrected chi connectivity index (χ1v) is 35.1. The molecule has 0 saturated carbocycles. The van der Waals surface area contributed by atoms with Crippen molar-refractivity contribution in [2.75, 3.05) is 13.2 Å². The van der Waals surface area contributed by atoms with E-state index in [-0.39, 0.29) is 31.1 Å². The average molecular weight is 1090 g/mol. The molecule has 0 heterocycles. The van der Waals surface area contributed by atoms with Crippen molar-refractivity contribution in [3.05, 3.63) is 0 Å². The van der Waals surface area contributed by atoms with E-state index < -0.39 is 6.10 Å². The number of hydrogen-bond acceptors (Lipinski definition) is 6. The summed E-state index contributed by atoms with van der Waals surface area (Å²) in [5.74, 6) is 1.78. The number of hydrogen-bond donors (Lipinski definition) is 0. The minimum absolute atomic E-state index is 0.0619. The summed E-state index contributed by atoms with van der Waals surface area (Å²) in [7, 11) is 0. The maximum absolute atomic E-state index is 12.9. The molecule has 0 amide bonds. The van der Waals surface area contributed by atoms with Gasteiger partial charge in [0, 0.05) is 19.3 Å². The van der Waals surface area contributed by atoms with E-state index in [2.05, 4.69) is 41.5 Å². The topological polar surface area (TPSA) is 78.9 Å². The summed E-state index contributed by atoms with van der Waals surface area (Å²) in [5.41, 5.74) is 0. The maximum atomic E-state index is 12.9. The van der Waals surface area contributed by atoms with Gasteiger partial charge in [-0.2, -0.15) is 0 Å². The minimum Gasteiger partial charge on any atom is -0.462 e. The SMILES string of the molecule is CCC(C)CCCCCCCCCCCCCCCCCCCCC(=O)OC[C@H](COC(=O)CCCCCCCCCCCCCCCCCCCCC(C)C)OC(=O)CCCCCCCCCCCCCCCC(C)C. The normalized spacial score (nSPS) is 12.5. The van der Waals surface area contributed by atoms with Crippen LogP contribution in [0.4, 0.5) is 0 Å². The number of carbonyl (C=O) groups is 3. The molecule has 6 nitrogen and oxygen atoms in total. The lowest BCUT2D eigenvalue weighted by Gasteiger charge is -2.18. The molecule has 0 N–H and O–H groups in total. The van der Waals surface area contributed by atoms with E-state index >= 15 is 0 Å². The van der Waals surface area contributed by atoms with Crippen LogP contribution in [0.1, 0.15) is 401 Å². The summed E-state index contributed by atoms with van der Waals surface area (Å²) in [6.07, 6.45) is 69.7. The van der Waals surface area contributed by atoms with E-state index in [9.17, 15) is 14.4 Å². The molecule has 0 bridgehead atoms. The second-order valence-corrected chi connectivity index (χ2v) is 25.7. The number of esters is 3. The third-order valence-electron chi connectivity index (χ3n) is 16.8. The molecule has 0 aliphatic heterocycles. The van der Waals surface area contributed by atoms with Crippen molar-refractivity contribution in [2.45, 2.75) is 407 Å². The lowest BCUT2D eigenvalue weighted by Crippen LogP contribution is -2.30. The highest BCUT2D eigenvalue weighted by atomic mass is 16.6. The Kier molecular flexibility index (Phi) is 60.7. The number of ether oxygens (including phenoxy) is 3. The zero-order chi connectivity index (χ0) is 56.2. The van der Waals surface area contributed by atoms with Gasteiger partial charge in [-0.3, -0.25) is 14.4 Å². The lowest BCUT2D eigenvalue weighted by atomic mass is 9.99. The van der Waals surface area contributed by atoms with Gasteiger partial charge in [0.1, 0.15) is 13.2 Å². The van der Waals surface area contributed by atoms with Gasteiger partial charge in [-0.25, -0.2) is 0 Å². The van der Waals surface area contributed by atoms with Gasteiger partial charge >= 0.3 is 17.9 Å². The second kappa shape index (κ2) is 62.0. The van der Waals surface area contributed by atoms with E-state index in [1.165, 1.54) is 283 Å². The molecule has 2 atom stereocenters. The summed E-state index contributed by atoms with van der Waals surface area (Å²) < 4.78 is 17.0. The van der Waals surface area contributed by atoms with Crippen molar-refractivity contribution < 1.29 is 28.6 Å². The van der Waals surface area contributed by atoms with Crippen molar-refractivity contribution >= 4 is 17.9 Å². The predicted molar refractivity (Wildman–Crippen MR) is 335 cm³/mol. The minimum atomic E-state index is -0.765. The van der Waals surface area contributed by atoms with Crippen LogP contribution in [0, 0.1) is 17.8 Å².